The zero-order chi connectivity index (χ0) is 12.5. The molecule has 0 radical (unpaired) electrons. The monoisotopic (exact) mass is 245 g/mol. The molecule has 6 heteroatoms. The fourth-order valence-electron chi connectivity index (χ4n) is 1.57. The molecule has 0 amide bonds. The first kappa shape index (κ1) is 11.8. The first-order chi connectivity index (χ1) is 8.02. The van der Waals surface area contributed by atoms with Crippen LogP contribution in [0.15, 0.2) is 23.2 Å². The number of hydrogen-bond acceptors (Lipinski definition) is 3. The molecule has 17 heavy (non-hydrogen) atoms. The fourth-order valence-corrected chi connectivity index (χ4v) is 1.57. The van der Waals surface area contributed by atoms with Gasteiger partial charge in [0.2, 0.25) is 5.90 Å². The van der Waals surface area contributed by atoms with Crippen LogP contribution >= 0.6 is 0 Å². The molecule has 1 aliphatic rings. The maximum absolute atomic E-state index is 12.7. The van der Waals surface area contributed by atoms with Gasteiger partial charge in [-0.1, -0.05) is 0 Å². The number of alkyl halides is 3. The molecule has 92 valence electrons. The third kappa shape index (κ3) is 2.35. The van der Waals surface area contributed by atoms with E-state index < -0.39 is 11.7 Å². The van der Waals surface area contributed by atoms with Gasteiger partial charge in [-0.3, -0.25) is 0 Å². The second kappa shape index (κ2) is 4.27. The summed E-state index contributed by atoms with van der Waals surface area (Å²) in [7, 11) is 1.20. The maximum atomic E-state index is 12.7. The molecule has 0 atom stereocenters. The minimum atomic E-state index is -4.46. The van der Waals surface area contributed by atoms with Crippen molar-refractivity contribution < 1.29 is 22.6 Å². The molecular weight excluding hydrogens is 235 g/mol. The Hall–Kier alpha value is -1.72. The standard InChI is InChI=1S/C11H10F3NO2/c1-16-9-3-2-7(10-15-4-5-17-10)6-8(9)11(12,13)14/h2-3,6H,4-5H2,1H3. The number of aliphatic imine (C=N–C) groups is 1. The van der Waals surface area contributed by atoms with Gasteiger partial charge in [0.25, 0.3) is 0 Å². The highest BCUT2D eigenvalue weighted by Gasteiger charge is 2.35. The van der Waals surface area contributed by atoms with Crippen LogP contribution in [0.4, 0.5) is 13.2 Å². The van der Waals surface area contributed by atoms with Crippen LogP contribution in [0, 0.1) is 0 Å². The summed E-state index contributed by atoms with van der Waals surface area (Å²) in [6.45, 7) is 0.880. The van der Waals surface area contributed by atoms with Crippen molar-refractivity contribution in [2.45, 2.75) is 6.18 Å². The Bertz CT molecular complexity index is 455. The van der Waals surface area contributed by atoms with Gasteiger partial charge in [-0.15, -0.1) is 0 Å². The lowest BCUT2D eigenvalue weighted by atomic mass is 10.1. The summed E-state index contributed by atoms with van der Waals surface area (Å²) in [5, 5.41) is 0. The van der Waals surface area contributed by atoms with E-state index in [-0.39, 0.29) is 11.6 Å². The number of ether oxygens (including phenoxy) is 2. The van der Waals surface area contributed by atoms with Crippen molar-refractivity contribution in [2.24, 2.45) is 4.99 Å². The Morgan fingerprint density at radius 3 is 2.65 bits per heavy atom. The summed E-state index contributed by atoms with van der Waals surface area (Å²) in [4.78, 5) is 3.97. The molecule has 0 unspecified atom stereocenters. The minimum Gasteiger partial charge on any atom is -0.496 e. The number of rotatable bonds is 2. The zero-order valence-corrected chi connectivity index (χ0v) is 9.04. The first-order valence-corrected chi connectivity index (χ1v) is 4.95. The summed E-state index contributed by atoms with van der Waals surface area (Å²) in [5.41, 5.74) is -0.508. The van der Waals surface area contributed by atoms with Crippen LogP contribution in [-0.2, 0) is 10.9 Å². The Morgan fingerprint density at radius 1 is 1.35 bits per heavy atom. The van der Waals surface area contributed by atoms with Crippen LogP contribution in [-0.4, -0.2) is 26.2 Å². The topological polar surface area (TPSA) is 30.8 Å². The number of halogens is 3. The summed E-state index contributed by atoms with van der Waals surface area (Å²) in [6.07, 6.45) is -4.46. The highest BCUT2D eigenvalue weighted by Crippen LogP contribution is 2.36. The van der Waals surface area contributed by atoms with Gasteiger partial charge < -0.3 is 9.47 Å². The van der Waals surface area contributed by atoms with Gasteiger partial charge >= 0.3 is 6.18 Å². The van der Waals surface area contributed by atoms with Crippen molar-refractivity contribution in [1.82, 2.24) is 0 Å². The molecule has 3 nitrogen and oxygen atoms in total. The third-order valence-corrected chi connectivity index (χ3v) is 2.34. The van der Waals surface area contributed by atoms with Gasteiger partial charge in [-0.25, -0.2) is 4.99 Å². The second-order valence-corrected chi connectivity index (χ2v) is 3.45. The molecule has 1 aromatic carbocycles. The van der Waals surface area contributed by atoms with E-state index in [1.807, 2.05) is 0 Å². The maximum Gasteiger partial charge on any atom is 0.419 e. The zero-order valence-electron chi connectivity index (χ0n) is 9.04. The second-order valence-electron chi connectivity index (χ2n) is 3.45. The lowest BCUT2D eigenvalue weighted by Crippen LogP contribution is -2.10. The summed E-state index contributed by atoms with van der Waals surface area (Å²) >= 11 is 0. The third-order valence-electron chi connectivity index (χ3n) is 2.34. The first-order valence-electron chi connectivity index (χ1n) is 4.95. The number of hydrogen-bond donors (Lipinski definition) is 0. The molecule has 1 heterocycles. The van der Waals surface area contributed by atoms with Crippen LogP contribution in [0.25, 0.3) is 0 Å². The van der Waals surface area contributed by atoms with Crippen molar-refractivity contribution >= 4 is 5.90 Å². The lowest BCUT2D eigenvalue weighted by molar-refractivity contribution is -0.138. The van der Waals surface area contributed by atoms with Crippen molar-refractivity contribution in [3.05, 3.63) is 29.3 Å². The van der Waals surface area contributed by atoms with Crippen molar-refractivity contribution in [1.29, 1.82) is 0 Å². The number of nitrogens with zero attached hydrogens (tertiary/aromatic N) is 1. The summed E-state index contributed by atoms with van der Waals surface area (Å²) in [6, 6.07) is 3.75. The number of methoxy groups -OCH3 is 1. The Labute approximate surface area is 95.9 Å². The van der Waals surface area contributed by atoms with Gasteiger partial charge in [0, 0.05) is 5.56 Å². The Kier molecular flexibility index (Phi) is 2.95. The van der Waals surface area contributed by atoms with Crippen LogP contribution in [0.2, 0.25) is 0 Å². The van der Waals surface area contributed by atoms with Gasteiger partial charge in [-0.05, 0) is 18.2 Å². The summed E-state index contributed by atoms with van der Waals surface area (Å²) in [5.74, 6) is 0.0398. The highest BCUT2D eigenvalue weighted by molar-refractivity contribution is 5.95. The lowest BCUT2D eigenvalue weighted by Gasteiger charge is -2.13. The predicted molar refractivity (Wildman–Crippen MR) is 55.4 cm³/mol. The quantitative estimate of drug-likeness (QED) is 0.801. The van der Waals surface area contributed by atoms with Gasteiger partial charge in [0.15, 0.2) is 0 Å². The molecule has 0 spiro atoms. The molecule has 0 saturated carbocycles. The van der Waals surface area contributed by atoms with Gasteiger partial charge in [-0.2, -0.15) is 13.2 Å². The largest absolute Gasteiger partial charge is 0.496 e. The molecule has 1 aliphatic heterocycles. The Balaban J connectivity index is 2.45. The van der Waals surface area contributed by atoms with Gasteiger partial charge in [0.1, 0.15) is 12.4 Å². The number of benzene rings is 1. The van der Waals surface area contributed by atoms with E-state index in [2.05, 4.69) is 9.73 Å². The molecule has 0 aliphatic carbocycles. The van der Waals surface area contributed by atoms with Crippen LogP contribution < -0.4 is 4.74 Å². The van der Waals surface area contributed by atoms with E-state index in [1.54, 1.807) is 0 Å². The van der Waals surface area contributed by atoms with Crippen LogP contribution in [0.1, 0.15) is 11.1 Å². The van der Waals surface area contributed by atoms with E-state index in [9.17, 15) is 13.2 Å². The summed E-state index contributed by atoms with van der Waals surface area (Å²) < 4.78 is 48.0. The molecule has 0 saturated heterocycles. The predicted octanol–water partition coefficient (Wildman–Crippen LogP) is 2.49. The minimum absolute atomic E-state index is 0.208. The molecular formula is C11H10F3NO2. The van der Waals surface area contributed by atoms with E-state index in [0.29, 0.717) is 18.7 Å². The molecule has 2 rings (SSSR count). The van der Waals surface area contributed by atoms with E-state index in [1.165, 1.54) is 19.2 Å². The molecule has 0 aromatic heterocycles. The molecule has 0 fully saturated rings. The van der Waals surface area contributed by atoms with E-state index in [4.69, 9.17) is 4.74 Å². The Morgan fingerprint density at radius 2 is 2.12 bits per heavy atom. The van der Waals surface area contributed by atoms with Crippen molar-refractivity contribution in [2.75, 3.05) is 20.3 Å². The van der Waals surface area contributed by atoms with E-state index >= 15 is 0 Å². The van der Waals surface area contributed by atoms with Crippen LogP contribution in [0.3, 0.4) is 0 Å². The van der Waals surface area contributed by atoms with Gasteiger partial charge in [0.05, 0.1) is 19.2 Å². The van der Waals surface area contributed by atoms with E-state index in [0.717, 1.165) is 6.07 Å². The SMILES string of the molecule is COc1ccc(C2=NCCO2)cc1C(F)(F)F. The highest BCUT2D eigenvalue weighted by atomic mass is 19.4. The van der Waals surface area contributed by atoms with Crippen molar-refractivity contribution in [3.63, 3.8) is 0 Å². The van der Waals surface area contributed by atoms with Crippen LogP contribution in [0.5, 0.6) is 5.75 Å². The molecule has 0 bridgehead atoms. The average Bonchev–Trinajstić information content (AvgIpc) is 2.80. The smallest absolute Gasteiger partial charge is 0.419 e. The molecule has 0 N–H and O–H groups in total. The average molecular weight is 245 g/mol. The fraction of sp³-hybridized carbons (Fsp3) is 0.364. The van der Waals surface area contributed by atoms with Crippen molar-refractivity contribution in [3.8, 4) is 5.75 Å². The normalized spacial score (nSPS) is 15.4. The molecule has 1 aromatic rings.